The van der Waals surface area contributed by atoms with Gasteiger partial charge in [0.2, 0.25) is 0 Å². The highest BCUT2D eigenvalue weighted by molar-refractivity contribution is 14.0. The smallest absolute Gasteiger partial charge is 0.191 e. The van der Waals surface area contributed by atoms with Gasteiger partial charge >= 0.3 is 0 Å². The number of aromatic nitrogens is 2. The predicted molar refractivity (Wildman–Crippen MR) is 110 cm³/mol. The fourth-order valence-electron chi connectivity index (χ4n) is 3.54. The maximum absolute atomic E-state index is 6.01. The molecule has 0 saturated carbocycles. The van der Waals surface area contributed by atoms with Crippen LogP contribution in [0.3, 0.4) is 0 Å². The van der Waals surface area contributed by atoms with Crippen molar-refractivity contribution in [1.29, 1.82) is 0 Å². The van der Waals surface area contributed by atoms with Crippen molar-refractivity contribution < 1.29 is 4.74 Å². The van der Waals surface area contributed by atoms with E-state index in [1.165, 1.54) is 6.42 Å². The molecule has 4 rings (SSSR count). The third-order valence-corrected chi connectivity index (χ3v) is 4.86. The van der Waals surface area contributed by atoms with Crippen LogP contribution >= 0.6 is 35.6 Å². The van der Waals surface area contributed by atoms with Crippen molar-refractivity contribution in [3.05, 3.63) is 35.2 Å². The van der Waals surface area contributed by atoms with Crippen LogP contribution in [0.2, 0.25) is 5.02 Å². The van der Waals surface area contributed by atoms with E-state index in [1.54, 1.807) is 0 Å². The minimum atomic E-state index is 0. The van der Waals surface area contributed by atoms with Crippen molar-refractivity contribution in [2.45, 2.75) is 51.0 Å². The zero-order valence-corrected chi connectivity index (χ0v) is 17.2. The average molecular weight is 476 g/mol. The molecule has 136 valence electrons. The standard InChI is InChI=1S/C17H22ClN5O.HI/c1-2-19-17(22-14-7-13-4-5-15(14)24-13)20-8-12-10-23-9-11(18)3-6-16(23)21-12;/h3,6,9-10,13-15H,2,4-5,7-8H2,1H3,(H2,19,20,22);1H. The van der Waals surface area contributed by atoms with Gasteiger partial charge in [-0.1, -0.05) is 11.6 Å². The van der Waals surface area contributed by atoms with Crippen molar-refractivity contribution in [1.82, 2.24) is 20.0 Å². The summed E-state index contributed by atoms with van der Waals surface area (Å²) in [7, 11) is 0. The van der Waals surface area contributed by atoms with E-state index in [9.17, 15) is 0 Å². The van der Waals surface area contributed by atoms with E-state index in [-0.39, 0.29) is 24.0 Å². The van der Waals surface area contributed by atoms with E-state index >= 15 is 0 Å². The number of nitrogens with zero attached hydrogens (tertiary/aromatic N) is 3. The Morgan fingerprint density at radius 1 is 1.40 bits per heavy atom. The first-order valence-electron chi connectivity index (χ1n) is 8.54. The quantitative estimate of drug-likeness (QED) is 0.405. The number of halogens is 2. The molecule has 4 heterocycles. The number of pyridine rings is 1. The van der Waals surface area contributed by atoms with Crippen LogP contribution in [0.25, 0.3) is 5.65 Å². The number of fused-ring (bicyclic) bond motifs is 3. The minimum absolute atomic E-state index is 0. The van der Waals surface area contributed by atoms with Gasteiger partial charge in [-0.2, -0.15) is 0 Å². The van der Waals surface area contributed by atoms with E-state index in [1.807, 2.05) is 28.9 Å². The van der Waals surface area contributed by atoms with E-state index in [2.05, 4.69) is 27.5 Å². The summed E-state index contributed by atoms with van der Waals surface area (Å²) >= 11 is 6.01. The summed E-state index contributed by atoms with van der Waals surface area (Å²) in [5.74, 6) is 0.828. The third kappa shape index (κ3) is 4.20. The zero-order chi connectivity index (χ0) is 16.5. The van der Waals surface area contributed by atoms with Crippen LogP contribution in [0.1, 0.15) is 31.9 Å². The molecule has 2 aliphatic heterocycles. The van der Waals surface area contributed by atoms with Gasteiger partial charge in [0.25, 0.3) is 0 Å². The molecule has 8 heteroatoms. The lowest BCUT2D eigenvalue weighted by atomic mass is 9.96. The Morgan fingerprint density at radius 3 is 3.00 bits per heavy atom. The molecule has 2 aliphatic rings. The summed E-state index contributed by atoms with van der Waals surface area (Å²) in [6.45, 7) is 3.42. The zero-order valence-electron chi connectivity index (χ0n) is 14.1. The highest BCUT2D eigenvalue weighted by Crippen LogP contribution is 2.34. The number of hydrogen-bond donors (Lipinski definition) is 2. The van der Waals surface area contributed by atoms with Gasteiger partial charge in [0.1, 0.15) is 5.65 Å². The molecule has 3 unspecified atom stereocenters. The summed E-state index contributed by atoms with van der Waals surface area (Å²) in [6.07, 6.45) is 7.99. The second-order valence-corrected chi connectivity index (χ2v) is 6.84. The van der Waals surface area contributed by atoms with Gasteiger partial charge in [-0.3, -0.25) is 0 Å². The lowest BCUT2D eigenvalue weighted by molar-refractivity contribution is 0.0992. The molecule has 2 saturated heterocycles. The fourth-order valence-corrected chi connectivity index (χ4v) is 3.71. The first-order chi connectivity index (χ1) is 11.7. The lowest BCUT2D eigenvalue weighted by Gasteiger charge is -2.22. The molecular weight excluding hydrogens is 453 g/mol. The molecule has 25 heavy (non-hydrogen) atoms. The summed E-state index contributed by atoms with van der Waals surface area (Å²) in [4.78, 5) is 9.25. The average Bonchev–Trinajstić information content (AvgIpc) is 3.27. The highest BCUT2D eigenvalue weighted by atomic mass is 127. The Kier molecular flexibility index (Phi) is 6.06. The SMILES string of the molecule is CCNC(=NCc1cn2cc(Cl)ccc2n1)NC1CC2CCC1O2.I. The molecular formula is C17H23ClIN5O. The molecule has 0 aliphatic carbocycles. The number of hydrogen-bond acceptors (Lipinski definition) is 3. The Balaban J connectivity index is 0.00000182. The number of guanidine groups is 1. The van der Waals surface area contributed by atoms with E-state index in [0.29, 0.717) is 29.8 Å². The topological polar surface area (TPSA) is 63.0 Å². The Morgan fingerprint density at radius 2 is 2.28 bits per heavy atom. The fraction of sp³-hybridized carbons (Fsp3) is 0.529. The van der Waals surface area contributed by atoms with Crippen molar-refractivity contribution in [2.24, 2.45) is 4.99 Å². The normalized spacial score (nSPS) is 25.2. The van der Waals surface area contributed by atoms with Gasteiger partial charge in [-0.25, -0.2) is 9.98 Å². The summed E-state index contributed by atoms with van der Waals surface area (Å²) in [5, 5.41) is 7.52. The third-order valence-electron chi connectivity index (χ3n) is 4.64. The molecule has 6 nitrogen and oxygen atoms in total. The Labute approximate surface area is 169 Å². The molecule has 0 aromatic carbocycles. The summed E-state index contributed by atoms with van der Waals surface area (Å²) in [6, 6.07) is 4.12. The van der Waals surface area contributed by atoms with Crippen molar-refractivity contribution in [2.75, 3.05) is 6.54 Å². The van der Waals surface area contributed by atoms with E-state index in [4.69, 9.17) is 16.3 Å². The summed E-state index contributed by atoms with van der Waals surface area (Å²) in [5.41, 5.74) is 1.79. The van der Waals surface area contributed by atoms with Crippen LogP contribution in [0, 0.1) is 0 Å². The second kappa shape index (κ2) is 8.09. The van der Waals surface area contributed by atoms with Crippen LogP contribution in [0.4, 0.5) is 0 Å². The van der Waals surface area contributed by atoms with Gasteiger partial charge in [-0.15, -0.1) is 24.0 Å². The second-order valence-electron chi connectivity index (χ2n) is 6.40. The van der Waals surface area contributed by atoms with Crippen LogP contribution in [-0.4, -0.2) is 40.1 Å². The molecule has 2 fully saturated rings. The van der Waals surface area contributed by atoms with E-state index < -0.39 is 0 Å². The number of ether oxygens (including phenoxy) is 1. The van der Waals surface area contributed by atoms with Gasteiger partial charge in [-0.05, 0) is 38.3 Å². The largest absolute Gasteiger partial charge is 0.373 e. The minimum Gasteiger partial charge on any atom is -0.373 e. The van der Waals surface area contributed by atoms with Gasteiger partial charge < -0.3 is 19.8 Å². The lowest BCUT2D eigenvalue weighted by Crippen LogP contribution is -2.47. The molecule has 0 spiro atoms. The molecule has 2 bridgehead atoms. The monoisotopic (exact) mass is 475 g/mol. The molecule has 2 aromatic rings. The number of nitrogens with one attached hydrogen (secondary N) is 2. The Bertz CT molecular complexity index is 765. The number of aliphatic imine (C=N–C) groups is 1. The van der Waals surface area contributed by atoms with Crippen LogP contribution in [0.15, 0.2) is 29.5 Å². The number of rotatable bonds is 4. The molecule has 0 amide bonds. The van der Waals surface area contributed by atoms with Crippen molar-refractivity contribution >= 4 is 47.2 Å². The van der Waals surface area contributed by atoms with Gasteiger partial charge in [0.05, 0.1) is 35.5 Å². The first-order valence-corrected chi connectivity index (χ1v) is 8.92. The van der Waals surface area contributed by atoms with Crippen LogP contribution in [0.5, 0.6) is 0 Å². The Hall–Kier alpha value is -1.06. The van der Waals surface area contributed by atoms with Crippen molar-refractivity contribution in [3.8, 4) is 0 Å². The maximum Gasteiger partial charge on any atom is 0.191 e. The maximum atomic E-state index is 6.01. The van der Waals surface area contributed by atoms with Gasteiger partial charge in [0, 0.05) is 18.9 Å². The van der Waals surface area contributed by atoms with Gasteiger partial charge in [0.15, 0.2) is 5.96 Å². The molecule has 2 N–H and O–H groups in total. The predicted octanol–water partition coefficient (Wildman–Crippen LogP) is 2.98. The molecule has 3 atom stereocenters. The number of imidazole rings is 1. The van der Waals surface area contributed by atoms with Crippen molar-refractivity contribution in [3.63, 3.8) is 0 Å². The summed E-state index contributed by atoms with van der Waals surface area (Å²) < 4.78 is 7.83. The van der Waals surface area contributed by atoms with E-state index in [0.717, 1.165) is 36.7 Å². The molecule has 0 radical (unpaired) electrons. The first kappa shape index (κ1) is 18.7. The van der Waals surface area contributed by atoms with Crippen LogP contribution in [-0.2, 0) is 11.3 Å². The van der Waals surface area contributed by atoms with Crippen LogP contribution < -0.4 is 10.6 Å². The molecule has 2 aromatic heterocycles. The highest BCUT2D eigenvalue weighted by Gasteiger charge is 2.41.